The average molecular weight is 383 g/mol. The Morgan fingerprint density at radius 1 is 1.28 bits per heavy atom. The number of carbonyl (C=O) groups excluding carboxylic acids is 1. The number of nitrogens with zero attached hydrogens (tertiary/aromatic N) is 1. The van der Waals surface area contributed by atoms with Crippen LogP contribution in [0.25, 0.3) is 0 Å². The number of benzene rings is 1. The van der Waals surface area contributed by atoms with Crippen LogP contribution in [0, 0.1) is 0 Å². The van der Waals surface area contributed by atoms with E-state index in [1.54, 1.807) is 16.1 Å². The molecule has 5 nitrogen and oxygen atoms in total. The molecular formula is C18H26N2O3S2. The summed E-state index contributed by atoms with van der Waals surface area (Å²) in [5, 5.41) is 2.88. The molecule has 2 aliphatic rings. The fourth-order valence-electron chi connectivity index (χ4n) is 3.72. The highest BCUT2D eigenvalue weighted by Gasteiger charge is 2.38. The van der Waals surface area contributed by atoms with Gasteiger partial charge in [-0.05, 0) is 37.3 Å². The minimum Gasteiger partial charge on any atom is -0.354 e. The van der Waals surface area contributed by atoms with E-state index in [1.165, 1.54) is 5.56 Å². The Kier molecular flexibility index (Phi) is 5.75. The van der Waals surface area contributed by atoms with Crippen molar-refractivity contribution in [3.05, 3.63) is 35.4 Å². The SMILES string of the molecule is C[C@@]1(C(=O)NCCS(=O)(=O)N2CCSCC2)CCCc2ccccc21. The molecule has 1 fully saturated rings. The van der Waals surface area contributed by atoms with Crippen LogP contribution in [0.5, 0.6) is 0 Å². The van der Waals surface area contributed by atoms with Gasteiger partial charge in [0.25, 0.3) is 0 Å². The van der Waals surface area contributed by atoms with Crippen LogP contribution in [0.1, 0.15) is 30.9 Å². The number of hydrogen-bond acceptors (Lipinski definition) is 4. The molecule has 1 amide bonds. The third-order valence-electron chi connectivity index (χ3n) is 5.24. The maximum absolute atomic E-state index is 12.8. The minimum atomic E-state index is -3.28. The van der Waals surface area contributed by atoms with Gasteiger partial charge in [0.1, 0.15) is 0 Å². The Bertz CT molecular complexity index is 730. The molecule has 1 aliphatic carbocycles. The first-order chi connectivity index (χ1) is 11.9. The van der Waals surface area contributed by atoms with Gasteiger partial charge in [-0.1, -0.05) is 24.3 Å². The topological polar surface area (TPSA) is 66.5 Å². The third-order valence-corrected chi connectivity index (χ3v) is 8.06. The highest BCUT2D eigenvalue weighted by molar-refractivity contribution is 7.99. The number of hydrogen-bond donors (Lipinski definition) is 1. The molecular weight excluding hydrogens is 356 g/mol. The largest absolute Gasteiger partial charge is 0.354 e. The van der Waals surface area contributed by atoms with E-state index in [-0.39, 0.29) is 18.2 Å². The van der Waals surface area contributed by atoms with Gasteiger partial charge in [-0.3, -0.25) is 4.79 Å². The summed E-state index contributed by atoms with van der Waals surface area (Å²) in [5.41, 5.74) is 1.74. The highest BCUT2D eigenvalue weighted by atomic mass is 32.2. The summed E-state index contributed by atoms with van der Waals surface area (Å²) in [6.45, 7) is 3.29. The lowest BCUT2D eigenvalue weighted by atomic mass is 9.70. The van der Waals surface area contributed by atoms with E-state index < -0.39 is 15.4 Å². The number of fused-ring (bicyclic) bond motifs is 1. The van der Waals surface area contributed by atoms with Crippen molar-refractivity contribution in [2.75, 3.05) is 36.9 Å². The van der Waals surface area contributed by atoms with E-state index in [4.69, 9.17) is 0 Å². The van der Waals surface area contributed by atoms with Crippen LogP contribution in [0.15, 0.2) is 24.3 Å². The molecule has 0 bridgehead atoms. The summed E-state index contributed by atoms with van der Waals surface area (Å²) in [6, 6.07) is 8.08. The zero-order chi connectivity index (χ0) is 17.9. The van der Waals surface area contributed by atoms with Crippen LogP contribution in [-0.4, -0.2) is 55.5 Å². The molecule has 0 spiro atoms. The molecule has 0 aromatic heterocycles. The first kappa shape index (κ1) is 18.7. The quantitative estimate of drug-likeness (QED) is 0.843. The second kappa shape index (κ2) is 7.68. The van der Waals surface area contributed by atoms with Crippen molar-refractivity contribution >= 4 is 27.7 Å². The Labute approximate surface area is 154 Å². The molecule has 1 aromatic rings. The van der Waals surface area contributed by atoms with E-state index in [0.717, 1.165) is 36.3 Å². The first-order valence-corrected chi connectivity index (χ1v) is 11.6. The third kappa shape index (κ3) is 4.04. The van der Waals surface area contributed by atoms with Gasteiger partial charge >= 0.3 is 0 Å². The van der Waals surface area contributed by atoms with E-state index in [2.05, 4.69) is 11.4 Å². The predicted molar refractivity (Wildman–Crippen MR) is 102 cm³/mol. The Morgan fingerprint density at radius 2 is 2.00 bits per heavy atom. The van der Waals surface area contributed by atoms with Gasteiger partial charge in [0, 0.05) is 31.1 Å². The summed E-state index contributed by atoms with van der Waals surface area (Å²) < 4.78 is 26.3. The minimum absolute atomic E-state index is 0.0267. The Morgan fingerprint density at radius 3 is 2.76 bits per heavy atom. The Balaban J connectivity index is 1.61. The molecule has 1 aromatic carbocycles. The Hall–Kier alpha value is -1.05. The normalized spacial score (nSPS) is 24.5. The molecule has 1 atom stereocenters. The van der Waals surface area contributed by atoms with E-state index in [0.29, 0.717) is 13.1 Å². The molecule has 3 rings (SSSR count). The van der Waals surface area contributed by atoms with Crippen molar-refractivity contribution in [1.82, 2.24) is 9.62 Å². The van der Waals surface area contributed by atoms with Crippen LogP contribution < -0.4 is 5.32 Å². The van der Waals surface area contributed by atoms with Gasteiger partial charge in [0.2, 0.25) is 15.9 Å². The lowest BCUT2D eigenvalue weighted by Crippen LogP contribution is -2.47. The van der Waals surface area contributed by atoms with Crippen molar-refractivity contribution in [2.45, 2.75) is 31.6 Å². The zero-order valence-electron chi connectivity index (χ0n) is 14.7. The summed E-state index contributed by atoms with van der Waals surface area (Å²) in [7, 11) is -3.28. The van der Waals surface area contributed by atoms with E-state index in [1.807, 2.05) is 25.1 Å². The molecule has 0 unspecified atom stereocenters. The standard InChI is InChI=1S/C18H26N2O3S2/c1-18(8-4-6-15-5-2-3-7-16(15)18)17(21)19-9-14-25(22,23)20-10-12-24-13-11-20/h2-3,5,7H,4,6,8-14H2,1H3,(H,19,21)/t18-/m1/s1. The van der Waals surface area contributed by atoms with Crippen LogP contribution in [-0.2, 0) is 26.7 Å². The number of aryl methyl sites for hydroxylation is 1. The fraction of sp³-hybridized carbons (Fsp3) is 0.611. The summed E-state index contributed by atoms with van der Waals surface area (Å²) in [5.74, 6) is 1.60. The lowest BCUT2D eigenvalue weighted by molar-refractivity contribution is -0.126. The van der Waals surface area contributed by atoms with Crippen LogP contribution in [0.4, 0.5) is 0 Å². The second-order valence-corrected chi connectivity index (χ2v) is 10.2. The molecule has 138 valence electrons. The lowest BCUT2D eigenvalue weighted by Gasteiger charge is -2.34. The fourth-order valence-corrected chi connectivity index (χ4v) is 6.21. The van der Waals surface area contributed by atoms with E-state index in [9.17, 15) is 13.2 Å². The zero-order valence-corrected chi connectivity index (χ0v) is 16.3. The van der Waals surface area contributed by atoms with Crippen molar-refractivity contribution < 1.29 is 13.2 Å². The number of sulfonamides is 1. The van der Waals surface area contributed by atoms with E-state index >= 15 is 0 Å². The summed E-state index contributed by atoms with van der Waals surface area (Å²) in [4.78, 5) is 12.8. The number of thioether (sulfide) groups is 1. The number of carbonyl (C=O) groups is 1. The van der Waals surface area contributed by atoms with Crippen molar-refractivity contribution in [1.29, 1.82) is 0 Å². The van der Waals surface area contributed by atoms with Crippen LogP contribution in [0.2, 0.25) is 0 Å². The average Bonchev–Trinajstić information content (AvgIpc) is 2.62. The predicted octanol–water partition coefficient (Wildman–Crippen LogP) is 1.78. The molecule has 25 heavy (non-hydrogen) atoms. The molecule has 7 heteroatoms. The number of nitrogens with one attached hydrogen (secondary N) is 1. The number of amides is 1. The molecule has 1 N–H and O–H groups in total. The molecule has 1 aliphatic heterocycles. The van der Waals surface area contributed by atoms with Gasteiger partial charge in [-0.2, -0.15) is 11.8 Å². The smallest absolute Gasteiger partial charge is 0.230 e. The van der Waals surface area contributed by atoms with Gasteiger partial charge < -0.3 is 5.32 Å². The van der Waals surface area contributed by atoms with Crippen molar-refractivity contribution in [3.63, 3.8) is 0 Å². The first-order valence-electron chi connectivity index (χ1n) is 8.86. The van der Waals surface area contributed by atoms with Gasteiger partial charge in [-0.25, -0.2) is 12.7 Å². The molecule has 0 radical (unpaired) electrons. The number of rotatable bonds is 5. The highest BCUT2D eigenvalue weighted by Crippen LogP contribution is 2.37. The molecule has 1 heterocycles. The van der Waals surface area contributed by atoms with Crippen LogP contribution >= 0.6 is 11.8 Å². The molecule has 1 saturated heterocycles. The second-order valence-electron chi connectivity index (χ2n) is 6.93. The van der Waals surface area contributed by atoms with Crippen molar-refractivity contribution in [3.8, 4) is 0 Å². The maximum atomic E-state index is 12.8. The van der Waals surface area contributed by atoms with Crippen LogP contribution in [0.3, 0.4) is 0 Å². The monoisotopic (exact) mass is 382 g/mol. The van der Waals surface area contributed by atoms with Gasteiger partial charge in [-0.15, -0.1) is 0 Å². The van der Waals surface area contributed by atoms with Crippen molar-refractivity contribution in [2.24, 2.45) is 0 Å². The van der Waals surface area contributed by atoms with Gasteiger partial charge in [0.05, 0.1) is 11.2 Å². The maximum Gasteiger partial charge on any atom is 0.230 e. The van der Waals surface area contributed by atoms with Gasteiger partial charge in [0.15, 0.2) is 0 Å². The molecule has 0 saturated carbocycles. The summed E-state index contributed by atoms with van der Waals surface area (Å²) in [6.07, 6.45) is 2.77. The summed E-state index contributed by atoms with van der Waals surface area (Å²) >= 11 is 1.78.